The van der Waals surface area contributed by atoms with E-state index in [0.29, 0.717) is 11.6 Å². The van der Waals surface area contributed by atoms with Crippen LogP contribution in [0.1, 0.15) is 32.4 Å². The molecule has 1 atom stereocenters. The molecule has 0 aliphatic rings. The van der Waals surface area contributed by atoms with Crippen LogP contribution in [-0.4, -0.2) is 17.6 Å². The first-order valence-electron chi connectivity index (χ1n) is 5.55. The molecule has 0 amide bonds. The van der Waals surface area contributed by atoms with Gasteiger partial charge in [0.25, 0.3) is 0 Å². The van der Waals surface area contributed by atoms with Crippen LogP contribution in [0.25, 0.3) is 0 Å². The lowest BCUT2D eigenvalue weighted by molar-refractivity contribution is -0.146. The number of rotatable bonds is 5. The lowest BCUT2D eigenvalue weighted by Crippen LogP contribution is -2.37. The van der Waals surface area contributed by atoms with Crippen molar-refractivity contribution in [2.45, 2.75) is 26.8 Å². The molecule has 0 bridgehead atoms. The zero-order chi connectivity index (χ0) is 13.1. The van der Waals surface area contributed by atoms with E-state index in [1.54, 1.807) is 13.8 Å². The largest absolute Gasteiger partial charge is 0.481 e. The van der Waals surface area contributed by atoms with Crippen LogP contribution in [0.2, 0.25) is 5.02 Å². The molecular weight excluding hydrogens is 238 g/mol. The minimum Gasteiger partial charge on any atom is -0.481 e. The summed E-state index contributed by atoms with van der Waals surface area (Å²) in [5, 5.41) is 12.9. The summed E-state index contributed by atoms with van der Waals surface area (Å²) in [5.74, 6) is -0.798. The SMILES string of the molecule is CC(NCC(C)(C)C(=O)O)c1ccc(Cl)cc1. The second-order valence-electron chi connectivity index (χ2n) is 4.84. The maximum absolute atomic E-state index is 11.0. The summed E-state index contributed by atoms with van der Waals surface area (Å²) >= 11 is 5.81. The van der Waals surface area contributed by atoms with Crippen molar-refractivity contribution in [3.05, 3.63) is 34.9 Å². The summed E-state index contributed by atoms with van der Waals surface area (Å²) in [7, 11) is 0. The van der Waals surface area contributed by atoms with Gasteiger partial charge in [-0.05, 0) is 38.5 Å². The molecule has 0 aliphatic heterocycles. The Labute approximate surface area is 107 Å². The van der Waals surface area contributed by atoms with E-state index in [-0.39, 0.29) is 6.04 Å². The van der Waals surface area contributed by atoms with Crippen molar-refractivity contribution in [2.24, 2.45) is 5.41 Å². The van der Waals surface area contributed by atoms with Crippen molar-refractivity contribution < 1.29 is 9.90 Å². The highest BCUT2D eigenvalue weighted by atomic mass is 35.5. The summed E-state index contributed by atoms with van der Waals surface area (Å²) in [5.41, 5.74) is 0.330. The number of aliphatic carboxylic acids is 1. The Bertz CT molecular complexity index is 387. The predicted octanol–water partition coefficient (Wildman–Crippen LogP) is 3.10. The standard InChI is InChI=1S/C13H18ClNO2/c1-9(10-4-6-11(14)7-5-10)15-8-13(2,3)12(16)17/h4-7,9,15H,8H2,1-3H3,(H,16,17). The molecule has 94 valence electrons. The maximum Gasteiger partial charge on any atom is 0.310 e. The van der Waals surface area contributed by atoms with Gasteiger partial charge in [-0.25, -0.2) is 0 Å². The number of nitrogens with one attached hydrogen (secondary N) is 1. The van der Waals surface area contributed by atoms with Crippen molar-refractivity contribution in [1.82, 2.24) is 5.32 Å². The number of halogens is 1. The Morgan fingerprint density at radius 3 is 2.41 bits per heavy atom. The monoisotopic (exact) mass is 255 g/mol. The third kappa shape index (κ3) is 4.02. The molecule has 3 nitrogen and oxygen atoms in total. The van der Waals surface area contributed by atoms with E-state index in [1.165, 1.54) is 0 Å². The van der Waals surface area contributed by atoms with Gasteiger partial charge >= 0.3 is 5.97 Å². The van der Waals surface area contributed by atoms with Crippen LogP contribution in [0.15, 0.2) is 24.3 Å². The molecule has 1 aromatic carbocycles. The van der Waals surface area contributed by atoms with Crippen LogP contribution in [0.3, 0.4) is 0 Å². The van der Waals surface area contributed by atoms with Gasteiger partial charge in [-0.15, -0.1) is 0 Å². The van der Waals surface area contributed by atoms with E-state index < -0.39 is 11.4 Å². The molecule has 2 N–H and O–H groups in total. The van der Waals surface area contributed by atoms with Gasteiger partial charge in [0.1, 0.15) is 0 Å². The number of hydrogen-bond donors (Lipinski definition) is 2. The minimum atomic E-state index is -0.798. The molecule has 0 aromatic heterocycles. The maximum atomic E-state index is 11.0. The average molecular weight is 256 g/mol. The third-order valence-corrected chi connectivity index (χ3v) is 3.05. The van der Waals surface area contributed by atoms with Gasteiger partial charge in [-0.1, -0.05) is 23.7 Å². The lowest BCUT2D eigenvalue weighted by Gasteiger charge is -2.23. The topological polar surface area (TPSA) is 49.3 Å². The zero-order valence-corrected chi connectivity index (χ0v) is 11.1. The van der Waals surface area contributed by atoms with Crippen molar-refractivity contribution in [3.8, 4) is 0 Å². The normalized spacial score (nSPS) is 13.4. The molecular formula is C13H18ClNO2. The third-order valence-electron chi connectivity index (χ3n) is 2.80. The second-order valence-corrected chi connectivity index (χ2v) is 5.28. The van der Waals surface area contributed by atoms with Crippen molar-refractivity contribution in [1.29, 1.82) is 0 Å². The highest BCUT2D eigenvalue weighted by Gasteiger charge is 2.27. The Morgan fingerprint density at radius 1 is 1.41 bits per heavy atom. The minimum absolute atomic E-state index is 0.103. The number of carbonyl (C=O) groups is 1. The molecule has 4 heteroatoms. The van der Waals surface area contributed by atoms with Crippen LogP contribution in [-0.2, 0) is 4.79 Å². The molecule has 0 fully saturated rings. The van der Waals surface area contributed by atoms with E-state index in [0.717, 1.165) is 5.56 Å². The summed E-state index contributed by atoms with van der Waals surface area (Å²) in [4.78, 5) is 11.0. The van der Waals surface area contributed by atoms with Crippen molar-refractivity contribution in [2.75, 3.05) is 6.54 Å². The fraction of sp³-hybridized carbons (Fsp3) is 0.462. The Kier molecular flexibility index (Phi) is 4.54. The van der Waals surface area contributed by atoms with Gasteiger partial charge in [0.15, 0.2) is 0 Å². The van der Waals surface area contributed by atoms with E-state index in [9.17, 15) is 4.79 Å². The number of carboxylic acid groups (broad SMARTS) is 1. The predicted molar refractivity (Wildman–Crippen MR) is 69.3 cm³/mol. The molecule has 0 radical (unpaired) electrons. The zero-order valence-electron chi connectivity index (χ0n) is 10.3. The van der Waals surface area contributed by atoms with Gasteiger partial charge in [0, 0.05) is 17.6 Å². The second kappa shape index (κ2) is 5.52. The molecule has 0 saturated heterocycles. The first kappa shape index (κ1) is 14.0. The van der Waals surface area contributed by atoms with Crippen molar-refractivity contribution >= 4 is 17.6 Å². The molecule has 0 aliphatic carbocycles. The van der Waals surface area contributed by atoms with Gasteiger partial charge in [-0.3, -0.25) is 4.79 Å². The fourth-order valence-electron chi connectivity index (χ4n) is 1.35. The van der Waals surface area contributed by atoms with Crippen LogP contribution >= 0.6 is 11.6 Å². The van der Waals surface area contributed by atoms with Crippen LogP contribution < -0.4 is 5.32 Å². The summed E-state index contributed by atoms with van der Waals surface area (Å²) < 4.78 is 0. The summed E-state index contributed by atoms with van der Waals surface area (Å²) in [6.45, 7) is 5.83. The fourth-order valence-corrected chi connectivity index (χ4v) is 1.48. The summed E-state index contributed by atoms with van der Waals surface area (Å²) in [6, 6.07) is 7.64. The first-order chi connectivity index (χ1) is 7.83. The molecule has 1 unspecified atom stereocenters. The van der Waals surface area contributed by atoms with Crippen LogP contribution in [0, 0.1) is 5.41 Å². The molecule has 0 saturated carbocycles. The quantitative estimate of drug-likeness (QED) is 0.850. The van der Waals surface area contributed by atoms with Gasteiger partial charge < -0.3 is 10.4 Å². The van der Waals surface area contributed by atoms with E-state index in [2.05, 4.69) is 5.32 Å². The number of carboxylic acids is 1. The van der Waals surface area contributed by atoms with Gasteiger partial charge in [0.2, 0.25) is 0 Å². The van der Waals surface area contributed by atoms with E-state index in [1.807, 2.05) is 31.2 Å². The summed E-state index contributed by atoms with van der Waals surface area (Å²) in [6.07, 6.45) is 0. The highest BCUT2D eigenvalue weighted by Crippen LogP contribution is 2.19. The Balaban J connectivity index is 2.58. The van der Waals surface area contributed by atoms with Gasteiger partial charge in [-0.2, -0.15) is 0 Å². The van der Waals surface area contributed by atoms with Gasteiger partial charge in [0.05, 0.1) is 5.41 Å². The smallest absolute Gasteiger partial charge is 0.310 e. The molecule has 0 spiro atoms. The van der Waals surface area contributed by atoms with Crippen LogP contribution in [0.4, 0.5) is 0 Å². The molecule has 1 rings (SSSR count). The first-order valence-corrected chi connectivity index (χ1v) is 5.93. The van der Waals surface area contributed by atoms with E-state index in [4.69, 9.17) is 16.7 Å². The number of hydrogen-bond acceptors (Lipinski definition) is 2. The Hall–Kier alpha value is -1.06. The molecule has 1 aromatic rings. The van der Waals surface area contributed by atoms with E-state index >= 15 is 0 Å². The molecule has 0 heterocycles. The number of benzene rings is 1. The van der Waals surface area contributed by atoms with Crippen LogP contribution in [0.5, 0.6) is 0 Å². The van der Waals surface area contributed by atoms with Crippen molar-refractivity contribution in [3.63, 3.8) is 0 Å². The highest BCUT2D eigenvalue weighted by molar-refractivity contribution is 6.30. The lowest BCUT2D eigenvalue weighted by atomic mass is 9.93. The molecule has 17 heavy (non-hydrogen) atoms. The average Bonchev–Trinajstić information content (AvgIpc) is 2.27. The Morgan fingerprint density at radius 2 is 1.94 bits per heavy atom.